The molecule has 0 saturated carbocycles. The number of pyridine rings is 1. The van der Waals surface area contributed by atoms with Gasteiger partial charge in [-0.05, 0) is 13.0 Å². The Morgan fingerprint density at radius 1 is 1.53 bits per heavy atom. The number of primary sulfonamides is 1. The standard InChI is InChI=1S/C7H7BrF2N2O2S/c1-3-4(8)2-5(6(9)10)12-7(3)15(11,13)14/h2,6H,1H3,(H2,11,13,14). The van der Waals surface area contributed by atoms with Crippen molar-refractivity contribution in [3.05, 3.63) is 21.8 Å². The minimum Gasteiger partial charge on any atom is -0.234 e. The Morgan fingerprint density at radius 2 is 2.07 bits per heavy atom. The molecule has 0 aromatic carbocycles. The van der Waals surface area contributed by atoms with Gasteiger partial charge >= 0.3 is 0 Å². The SMILES string of the molecule is Cc1c(Br)cc(C(F)F)nc1S(N)(=O)=O. The summed E-state index contributed by atoms with van der Waals surface area (Å²) in [6.45, 7) is 1.42. The van der Waals surface area contributed by atoms with E-state index in [1.54, 1.807) is 0 Å². The predicted molar refractivity (Wildman–Crippen MR) is 53.0 cm³/mol. The molecular weight excluding hydrogens is 294 g/mol. The van der Waals surface area contributed by atoms with E-state index in [9.17, 15) is 17.2 Å². The van der Waals surface area contributed by atoms with Crippen LogP contribution in [0.5, 0.6) is 0 Å². The summed E-state index contributed by atoms with van der Waals surface area (Å²) in [5, 5.41) is 4.30. The number of hydrogen-bond donors (Lipinski definition) is 1. The second kappa shape index (κ2) is 4.11. The van der Waals surface area contributed by atoms with Crippen LogP contribution in [0.25, 0.3) is 0 Å². The monoisotopic (exact) mass is 300 g/mol. The quantitative estimate of drug-likeness (QED) is 0.904. The van der Waals surface area contributed by atoms with Gasteiger partial charge in [-0.3, -0.25) is 0 Å². The fourth-order valence-electron chi connectivity index (χ4n) is 0.962. The second-order valence-electron chi connectivity index (χ2n) is 2.80. The van der Waals surface area contributed by atoms with Crippen LogP contribution in [0.15, 0.2) is 15.6 Å². The van der Waals surface area contributed by atoms with Crippen LogP contribution >= 0.6 is 15.9 Å². The normalized spacial score (nSPS) is 12.1. The minimum atomic E-state index is -4.09. The zero-order chi connectivity index (χ0) is 11.8. The fraction of sp³-hybridized carbons (Fsp3) is 0.286. The Morgan fingerprint density at radius 3 is 2.47 bits per heavy atom. The van der Waals surface area contributed by atoms with Crippen molar-refractivity contribution in [2.75, 3.05) is 0 Å². The number of rotatable bonds is 2. The molecule has 15 heavy (non-hydrogen) atoms. The van der Waals surface area contributed by atoms with Crippen LogP contribution in [-0.2, 0) is 10.0 Å². The molecule has 0 fully saturated rings. The van der Waals surface area contributed by atoms with Gasteiger partial charge in [0.25, 0.3) is 16.4 Å². The first-order chi connectivity index (χ1) is 6.73. The van der Waals surface area contributed by atoms with E-state index in [2.05, 4.69) is 20.9 Å². The highest BCUT2D eigenvalue weighted by atomic mass is 79.9. The van der Waals surface area contributed by atoms with Gasteiger partial charge in [-0.15, -0.1) is 0 Å². The van der Waals surface area contributed by atoms with Gasteiger partial charge in [-0.2, -0.15) is 0 Å². The highest BCUT2D eigenvalue weighted by molar-refractivity contribution is 9.10. The average molecular weight is 301 g/mol. The summed E-state index contributed by atoms with van der Waals surface area (Å²) in [4.78, 5) is 3.31. The molecule has 0 aliphatic carbocycles. The lowest BCUT2D eigenvalue weighted by molar-refractivity contribution is 0.145. The molecule has 1 rings (SSSR count). The third kappa shape index (κ3) is 2.70. The number of hydrogen-bond acceptors (Lipinski definition) is 3. The van der Waals surface area contributed by atoms with Crippen LogP contribution in [0, 0.1) is 6.92 Å². The summed E-state index contributed by atoms with van der Waals surface area (Å²) in [5.41, 5.74) is -0.418. The van der Waals surface area contributed by atoms with E-state index in [-0.39, 0.29) is 10.0 Å². The van der Waals surface area contributed by atoms with Crippen molar-refractivity contribution in [2.45, 2.75) is 18.4 Å². The van der Waals surface area contributed by atoms with Crippen LogP contribution < -0.4 is 5.14 Å². The zero-order valence-electron chi connectivity index (χ0n) is 7.54. The summed E-state index contributed by atoms with van der Waals surface area (Å²) in [5.74, 6) is 0. The third-order valence-electron chi connectivity index (χ3n) is 1.68. The van der Waals surface area contributed by atoms with Gasteiger partial charge in [0.05, 0.1) is 0 Å². The van der Waals surface area contributed by atoms with Gasteiger partial charge < -0.3 is 0 Å². The number of halogens is 3. The maximum Gasteiger partial charge on any atom is 0.280 e. The lowest BCUT2D eigenvalue weighted by atomic mass is 10.3. The largest absolute Gasteiger partial charge is 0.280 e. The van der Waals surface area contributed by atoms with Crippen molar-refractivity contribution in [2.24, 2.45) is 5.14 Å². The summed E-state index contributed by atoms with van der Waals surface area (Å²) in [6.07, 6.45) is -2.85. The Kier molecular flexibility index (Phi) is 3.41. The Bertz CT molecular complexity index is 490. The van der Waals surface area contributed by atoms with Gasteiger partial charge in [-0.1, -0.05) is 15.9 Å². The molecule has 84 valence electrons. The molecule has 0 bridgehead atoms. The number of sulfonamides is 1. The molecule has 0 aliphatic heterocycles. The van der Waals surface area contributed by atoms with Gasteiger partial charge in [0.15, 0.2) is 5.03 Å². The molecule has 0 atom stereocenters. The zero-order valence-corrected chi connectivity index (χ0v) is 9.94. The smallest absolute Gasteiger partial charge is 0.234 e. The highest BCUT2D eigenvalue weighted by Crippen LogP contribution is 2.26. The van der Waals surface area contributed by atoms with Crippen molar-refractivity contribution in [1.29, 1.82) is 0 Å². The molecular formula is C7H7BrF2N2O2S. The summed E-state index contributed by atoms with van der Waals surface area (Å²) in [6, 6.07) is 1.06. The first-order valence-corrected chi connectivity index (χ1v) is 6.05. The molecule has 0 amide bonds. The Hall–Kier alpha value is -0.600. The van der Waals surface area contributed by atoms with Gasteiger partial charge in [0.2, 0.25) is 0 Å². The first kappa shape index (κ1) is 12.5. The third-order valence-corrected chi connectivity index (χ3v) is 3.44. The van der Waals surface area contributed by atoms with E-state index in [4.69, 9.17) is 5.14 Å². The maximum atomic E-state index is 12.3. The number of alkyl halides is 2. The molecule has 4 nitrogen and oxygen atoms in total. The summed E-state index contributed by atoms with van der Waals surface area (Å²) < 4.78 is 46.9. The molecule has 2 N–H and O–H groups in total. The van der Waals surface area contributed by atoms with Crippen molar-refractivity contribution in [3.63, 3.8) is 0 Å². The van der Waals surface area contributed by atoms with Crippen molar-refractivity contribution >= 4 is 26.0 Å². The molecule has 0 unspecified atom stereocenters. The molecule has 0 saturated heterocycles. The Labute approximate surface area is 93.7 Å². The minimum absolute atomic E-state index is 0.210. The molecule has 1 aromatic rings. The topological polar surface area (TPSA) is 73.0 Å². The highest BCUT2D eigenvalue weighted by Gasteiger charge is 2.20. The molecule has 0 radical (unpaired) electrons. The van der Waals surface area contributed by atoms with Crippen LogP contribution in [0.2, 0.25) is 0 Å². The van der Waals surface area contributed by atoms with E-state index < -0.39 is 27.2 Å². The number of nitrogens with two attached hydrogens (primary N) is 1. The molecule has 0 spiro atoms. The number of aromatic nitrogens is 1. The van der Waals surface area contributed by atoms with E-state index in [0.29, 0.717) is 0 Å². The van der Waals surface area contributed by atoms with Crippen LogP contribution in [0.3, 0.4) is 0 Å². The van der Waals surface area contributed by atoms with E-state index in [1.807, 2.05) is 0 Å². The summed E-state index contributed by atoms with van der Waals surface area (Å²) in [7, 11) is -4.09. The number of nitrogens with zero attached hydrogens (tertiary/aromatic N) is 1. The van der Waals surface area contributed by atoms with Gasteiger partial charge in [0, 0.05) is 10.0 Å². The first-order valence-electron chi connectivity index (χ1n) is 3.71. The molecule has 1 aromatic heterocycles. The van der Waals surface area contributed by atoms with Crippen molar-refractivity contribution in [1.82, 2.24) is 4.98 Å². The van der Waals surface area contributed by atoms with Gasteiger partial charge in [-0.25, -0.2) is 27.3 Å². The van der Waals surface area contributed by atoms with Crippen LogP contribution in [-0.4, -0.2) is 13.4 Å². The summed E-state index contributed by atoms with van der Waals surface area (Å²) >= 11 is 2.96. The van der Waals surface area contributed by atoms with Gasteiger partial charge in [0.1, 0.15) is 5.69 Å². The predicted octanol–water partition coefficient (Wildman–Crippen LogP) is 1.74. The van der Waals surface area contributed by atoms with E-state index >= 15 is 0 Å². The lowest BCUT2D eigenvalue weighted by Gasteiger charge is -2.07. The Balaban J connectivity index is 3.52. The second-order valence-corrected chi connectivity index (χ2v) is 5.14. The van der Waals surface area contributed by atoms with Crippen molar-refractivity contribution < 1.29 is 17.2 Å². The fourth-order valence-corrected chi connectivity index (χ4v) is 2.29. The van der Waals surface area contributed by atoms with E-state index in [1.165, 1.54) is 6.92 Å². The average Bonchev–Trinajstić information content (AvgIpc) is 2.06. The van der Waals surface area contributed by atoms with Crippen LogP contribution in [0.1, 0.15) is 17.7 Å². The van der Waals surface area contributed by atoms with Crippen molar-refractivity contribution in [3.8, 4) is 0 Å². The lowest BCUT2D eigenvalue weighted by Crippen LogP contribution is -2.17. The van der Waals surface area contributed by atoms with Crippen LogP contribution in [0.4, 0.5) is 8.78 Å². The molecule has 8 heteroatoms. The molecule has 0 aliphatic rings. The molecule has 1 heterocycles. The maximum absolute atomic E-state index is 12.3. The van der Waals surface area contributed by atoms with E-state index in [0.717, 1.165) is 6.07 Å².